The lowest BCUT2D eigenvalue weighted by molar-refractivity contribution is -0.185. The van der Waals surface area contributed by atoms with Crippen molar-refractivity contribution >= 4 is 11.7 Å². The van der Waals surface area contributed by atoms with Crippen molar-refractivity contribution in [3.63, 3.8) is 0 Å². The van der Waals surface area contributed by atoms with Gasteiger partial charge in [0.25, 0.3) is 0 Å². The Morgan fingerprint density at radius 1 is 1.24 bits per heavy atom. The molecule has 21 heavy (non-hydrogen) atoms. The third-order valence-corrected chi connectivity index (χ3v) is 3.43. The zero-order chi connectivity index (χ0) is 15.6. The summed E-state index contributed by atoms with van der Waals surface area (Å²) in [6.45, 7) is -0.0507. The van der Waals surface area contributed by atoms with Crippen molar-refractivity contribution in [2.45, 2.75) is 25.1 Å². The van der Waals surface area contributed by atoms with Gasteiger partial charge in [-0.05, 0) is 37.1 Å². The lowest BCUT2D eigenvalue weighted by Gasteiger charge is -2.24. The Bertz CT molecular complexity index is 539. The number of carbonyl (C=O) groups is 2. The molecule has 1 aliphatic heterocycles. The molecule has 1 aromatic carbocycles. The molecule has 1 atom stereocenters. The van der Waals surface area contributed by atoms with Gasteiger partial charge in [0.2, 0.25) is 0 Å². The molecule has 0 aliphatic carbocycles. The number of likely N-dealkylation sites (tertiary alicyclic amines) is 1. The Morgan fingerprint density at radius 2 is 1.86 bits per heavy atom. The minimum absolute atomic E-state index is 0.0507. The summed E-state index contributed by atoms with van der Waals surface area (Å²) in [7, 11) is 1.47. The molecule has 1 saturated heterocycles. The van der Waals surface area contributed by atoms with Crippen LogP contribution < -0.4 is 4.74 Å². The van der Waals surface area contributed by atoms with Crippen molar-refractivity contribution in [2.24, 2.45) is 0 Å². The van der Waals surface area contributed by atoms with E-state index in [2.05, 4.69) is 0 Å². The number of methoxy groups -OCH3 is 1. The van der Waals surface area contributed by atoms with Gasteiger partial charge in [-0.2, -0.15) is 13.2 Å². The van der Waals surface area contributed by atoms with Crippen LogP contribution in [0.4, 0.5) is 13.2 Å². The van der Waals surface area contributed by atoms with Gasteiger partial charge >= 0.3 is 12.1 Å². The molecular weight excluding hydrogens is 287 g/mol. The van der Waals surface area contributed by atoms with Gasteiger partial charge in [0, 0.05) is 12.1 Å². The summed E-state index contributed by atoms with van der Waals surface area (Å²) in [6.07, 6.45) is -4.33. The maximum absolute atomic E-state index is 12.5. The molecule has 1 amide bonds. The van der Waals surface area contributed by atoms with E-state index in [9.17, 15) is 22.8 Å². The second-order valence-electron chi connectivity index (χ2n) is 4.75. The van der Waals surface area contributed by atoms with Crippen LogP contribution in [0.25, 0.3) is 0 Å². The van der Waals surface area contributed by atoms with Crippen molar-refractivity contribution in [3.05, 3.63) is 29.8 Å². The minimum Gasteiger partial charge on any atom is -0.497 e. The highest BCUT2D eigenvalue weighted by Gasteiger charge is 2.47. The van der Waals surface area contributed by atoms with E-state index in [1.807, 2.05) is 0 Å². The zero-order valence-corrected chi connectivity index (χ0v) is 11.3. The van der Waals surface area contributed by atoms with E-state index in [1.165, 1.54) is 19.2 Å². The molecule has 2 rings (SSSR count). The summed E-state index contributed by atoms with van der Waals surface area (Å²) >= 11 is 0. The summed E-state index contributed by atoms with van der Waals surface area (Å²) in [5, 5.41) is 0. The van der Waals surface area contributed by atoms with Crippen molar-refractivity contribution in [1.29, 1.82) is 0 Å². The number of alkyl halides is 3. The Labute approximate surface area is 119 Å². The fourth-order valence-corrected chi connectivity index (χ4v) is 2.39. The minimum atomic E-state index is -4.96. The number of amides is 1. The first kappa shape index (κ1) is 15.3. The lowest BCUT2D eigenvalue weighted by Crippen LogP contribution is -2.46. The van der Waals surface area contributed by atoms with Crippen LogP contribution in [0.2, 0.25) is 0 Å². The number of halogens is 3. The van der Waals surface area contributed by atoms with Crippen LogP contribution in [0.1, 0.15) is 23.2 Å². The average molecular weight is 301 g/mol. The quantitative estimate of drug-likeness (QED) is 0.806. The number of hydrogen-bond donors (Lipinski definition) is 0. The molecule has 4 nitrogen and oxygen atoms in total. The van der Waals surface area contributed by atoms with Gasteiger partial charge < -0.3 is 9.64 Å². The smallest absolute Gasteiger partial charge is 0.471 e. The third-order valence-electron chi connectivity index (χ3n) is 3.43. The van der Waals surface area contributed by atoms with E-state index in [0.29, 0.717) is 17.1 Å². The second-order valence-corrected chi connectivity index (χ2v) is 4.75. The molecule has 1 heterocycles. The van der Waals surface area contributed by atoms with Gasteiger partial charge in [-0.1, -0.05) is 0 Å². The van der Waals surface area contributed by atoms with Crippen LogP contribution in [-0.4, -0.2) is 42.5 Å². The Balaban J connectivity index is 2.19. The molecule has 1 fully saturated rings. The topological polar surface area (TPSA) is 46.6 Å². The molecule has 1 aromatic rings. The van der Waals surface area contributed by atoms with Crippen LogP contribution in [0.3, 0.4) is 0 Å². The molecule has 0 bridgehead atoms. The number of benzene rings is 1. The maximum atomic E-state index is 12.5. The van der Waals surface area contributed by atoms with Crippen molar-refractivity contribution in [3.8, 4) is 5.75 Å². The van der Waals surface area contributed by atoms with Gasteiger partial charge in [0.05, 0.1) is 13.2 Å². The van der Waals surface area contributed by atoms with Crippen LogP contribution >= 0.6 is 0 Å². The van der Waals surface area contributed by atoms with Gasteiger partial charge in [-0.25, -0.2) is 0 Å². The normalized spacial score (nSPS) is 18.7. The number of nitrogens with zero attached hydrogens (tertiary/aromatic N) is 1. The lowest BCUT2D eigenvalue weighted by atomic mass is 10.0. The number of ketones is 1. The van der Waals surface area contributed by atoms with E-state index in [-0.39, 0.29) is 18.5 Å². The van der Waals surface area contributed by atoms with Crippen molar-refractivity contribution in [2.75, 3.05) is 13.7 Å². The number of carbonyl (C=O) groups excluding carboxylic acids is 2. The van der Waals surface area contributed by atoms with Crippen molar-refractivity contribution < 1.29 is 27.5 Å². The largest absolute Gasteiger partial charge is 0.497 e. The van der Waals surface area contributed by atoms with Crippen molar-refractivity contribution in [1.82, 2.24) is 4.90 Å². The van der Waals surface area contributed by atoms with Crippen LogP contribution in [0.5, 0.6) is 5.75 Å². The number of Topliss-reactive ketones (excluding diaryl/α,β-unsaturated/α-hetero) is 1. The molecule has 0 spiro atoms. The van der Waals surface area contributed by atoms with Crippen LogP contribution in [-0.2, 0) is 4.79 Å². The highest BCUT2D eigenvalue weighted by Crippen LogP contribution is 2.27. The first-order chi connectivity index (χ1) is 9.84. The average Bonchev–Trinajstić information content (AvgIpc) is 2.94. The predicted octanol–water partition coefficient (Wildman–Crippen LogP) is 2.43. The van der Waals surface area contributed by atoms with E-state index in [1.54, 1.807) is 12.1 Å². The molecule has 7 heteroatoms. The molecule has 0 unspecified atom stereocenters. The van der Waals surface area contributed by atoms with Gasteiger partial charge in [-0.3, -0.25) is 9.59 Å². The molecule has 0 saturated carbocycles. The van der Waals surface area contributed by atoms with E-state index in [0.717, 1.165) is 0 Å². The first-order valence-corrected chi connectivity index (χ1v) is 6.40. The second kappa shape index (κ2) is 5.75. The fourth-order valence-electron chi connectivity index (χ4n) is 2.39. The number of hydrogen-bond acceptors (Lipinski definition) is 3. The molecule has 114 valence electrons. The van der Waals surface area contributed by atoms with Gasteiger partial charge in [0.15, 0.2) is 5.78 Å². The fraction of sp³-hybridized carbons (Fsp3) is 0.429. The molecule has 0 N–H and O–H groups in total. The Morgan fingerprint density at radius 3 is 2.38 bits per heavy atom. The van der Waals surface area contributed by atoms with E-state index >= 15 is 0 Å². The standard InChI is InChI=1S/C14H14F3NO3/c1-21-10-6-4-9(5-7-10)12(19)11-3-2-8-18(11)13(20)14(15,16)17/h4-7,11H,2-3,8H2,1H3/t11-/m0/s1. The summed E-state index contributed by atoms with van der Waals surface area (Å²) in [5.41, 5.74) is 0.266. The summed E-state index contributed by atoms with van der Waals surface area (Å²) in [4.78, 5) is 24.2. The summed E-state index contributed by atoms with van der Waals surface area (Å²) in [5.74, 6) is -1.89. The predicted molar refractivity (Wildman–Crippen MR) is 68.1 cm³/mol. The van der Waals surface area contributed by atoms with Gasteiger partial charge in [-0.15, -0.1) is 0 Å². The zero-order valence-electron chi connectivity index (χ0n) is 11.3. The summed E-state index contributed by atoms with van der Waals surface area (Å²) in [6, 6.07) is 5.02. The highest BCUT2D eigenvalue weighted by atomic mass is 19.4. The Hall–Kier alpha value is -2.05. The first-order valence-electron chi connectivity index (χ1n) is 6.40. The summed E-state index contributed by atoms with van der Waals surface area (Å²) < 4.78 is 42.5. The molecule has 0 aromatic heterocycles. The molecule has 1 aliphatic rings. The van der Waals surface area contributed by atoms with Crippen LogP contribution in [0, 0.1) is 0 Å². The third kappa shape index (κ3) is 3.17. The van der Waals surface area contributed by atoms with E-state index < -0.39 is 23.9 Å². The molecular formula is C14H14F3NO3. The Kier molecular flexibility index (Phi) is 4.20. The van der Waals surface area contributed by atoms with Crippen LogP contribution in [0.15, 0.2) is 24.3 Å². The maximum Gasteiger partial charge on any atom is 0.471 e. The van der Waals surface area contributed by atoms with Gasteiger partial charge in [0.1, 0.15) is 5.75 Å². The molecule has 0 radical (unpaired) electrons. The number of rotatable bonds is 3. The van der Waals surface area contributed by atoms with E-state index in [4.69, 9.17) is 4.74 Å². The number of ether oxygens (including phenoxy) is 1. The highest BCUT2D eigenvalue weighted by molar-refractivity contribution is 6.02. The SMILES string of the molecule is COc1ccc(C(=O)[C@@H]2CCCN2C(=O)C(F)(F)F)cc1. The monoisotopic (exact) mass is 301 g/mol.